The summed E-state index contributed by atoms with van der Waals surface area (Å²) in [4.78, 5) is 15.7. The van der Waals surface area contributed by atoms with Gasteiger partial charge in [-0.1, -0.05) is 11.3 Å². The maximum atomic E-state index is 16.4. The largest absolute Gasteiger partial charge is 0.375 e. The van der Waals surface area contributed by atoms with Gasteiger partial charge in [-0.25, -0.2) is 23.7 Å². The third-order valence-electron chi connectivity index (χ3n) is 6.91. The van der Waals surface area contributed by atoms with Crippen molar-refractivity contribution in [2.45, 2.75) is 44.7 Å². The summed E-state index contributed by atoms with van der Waals surface area (Å²) in [6, 6.07) is 7.67. The number of anilines is 2. The van der Waals surface area contributed by atoms with Crippen LogP contribution >= 0.6 is 11.3 Å². The van der Waals surface area contributed by atoms with E-state index >= 15 is 4.39 Å². The molecule has 10 heteroatoms. The number of thiazole rings is 1. The van der Waals surface area contributed by atoms with Crippen molar-refractivity contribution in [3.05, 3.63) is 41.2 Å². The van der Waals surface area contributed by atoms with E-state index in [9.17, 15) is 9.65 Å². The highest BCUT2D eigenvalue weighted by Gasteiger charge is 2.34. The summed E-state index contributed by atoms with van der Waals surface area (Å²) >= 11 is 1.03. The van der Waals surface area contributed by atoms with E-state index in [0.717, 1.165) is 43.1 Å². The Morgan fingerprint density at radius 2 is 1.94 bits per heavy atom. The molecule has 2 atom stereocenters. The van der Waals surface area contributed by atoms with Gasteiger partial charge in [0.25, 0.3) is 0 Å². The Morgan fingerprint density at radius 3 is 2.69 bits per heavy atom. The summed E-state index contributed by atoms with van der Waals surface area (Å²) in [5.41, 5.74) is 7.78. The highest BCUT2D eigenvalue weighted by atomic mass is 32.1. The van der Waals surface area contributed by atoms with Gasteiger partial charge in [0.15, 0.2) is 10.9 Å². The lowest BCUT2D eigenvalue weighted by Crippen LogP contribution is -2.51. The highest BCUT2D eigenvalue weighted by Crippen LogP contribution is 2.41. The van der Waals surface area contributed by atoms with Gasteiger partial charge in [-0.2, -0.15) is 5.26 Å². The molecular formula is C25H23F2N7S. The van der Waals surface area contributed by atoms with E-state index in [4.69, 9.17) is 10.7 Å². The first-order valence-electron chi connectivity index (χ1n) is 11.7. The molecule has 178 valence electrons. The van der Waals surface area contributed by atoms with E-state index in [1.54, 1.807) is 6.92 Å². The second-order valence-electron chi connectivity index (χ2n) is 9.24. The summed E-state index contributed by atoms with van der Waals surface area (Å²) in [6.45, 7) is 3.37. The molecule has 3 N–H and O–H groups in total. The zero-order valence-corrected chi connectivity index (χ0v) is 19.9. The zero-order chi connectivity index (χ0) is 24.3. The molecule has 2 saturated heterocycles. The zero-order valence-electron chi connectivity index (χ0n) is 19.1. The van der Waals surface area contributed by atoms with E-state index in [1.807, 2.05) is 6.07 Å². The van der Waals surface area contributed by atoms with Crippen LogP contribution in [-0.2, 0) is 6.42 Å². The molecule has 2 aliphatic heterocycles. The number of nitrogens with two attached hydrogens (primary N) is 1. The summed E-state index contributed by atoms with van der Waals surface area (Å²) < 4.78 is 31.2. The minimum atomic E-state index is -0.514. The number of hydrogen-bond acceptors (Lipinski definition) is 8. The van der Waals surface area contributed by atoms with Crippen LogP contribution in [-0.4, -0.2) is 40.1 Å². The van der Waals surface area contributed by atoms with Gasteiger partial charge in [-0.05, 0) is 49.9 Å². The van der Waals surface area contributed by atoms with E-state index in [0.29, 0.717) is 46.4 Å². The molecule has 2 aliphatic rings. The quantitative estimate of drug-likeness (QED) is 0.434. The molecular weight excluding hydrogens is 468 g/mol. The molecule has 2 bridgehead atoms. The summed E-state index contributed by atoms with van der Waals surface area (Å²) in [5, 5.41) is 13.7. The second kappa shape index (κ2) is 8.36. The Balaban J connectivity index is 1.61. The lowest BCUT2D eigenvalue weighted by Gasteiger charge is -2.34. The summed E-state index contributed by atoms with van der Waals surface area (Å²) in [7, 11) is 0. The number of nitrogen functional groups attached to an aromatic ring is 1. The van der Waals surface area contributed by atoms with Gasteiger partial charge in [-0.3, -0.25) is 0 Å². The number of aryl methyl sites for hydroxylation is 2. The fourth-order valence-electron chi connectivity index (χ4n) is 5.46. The molecule has 0 radical (unpaired) electrons. The monoisotopic (exact) mass is 491 g/mol. The number of piperazine rings is 1. The van der Waals surface area contributed by atoms with Crippen LogP contribution in [0.4, 0.5) is 19.7 Å². The minimum Gasteiger partial charge on any atom is -0.375 e. The molecule has 6 rings (SSSR count). The van der Waals surface area contributed by atoms with Gasteiger partial charge in [0.2, 0.25) is 0 Å². The number of hydrogen-bond donors (Lipinski definition) is 2. The molecule has 35 heavy (non-hydrogen) atoms. The molecule has 2 aromatic heterocycles. The fraction of sp³-hybridized carbons (Fsp3) is 0.360. The van der Waals surface area contributed by atoms with Crippen molar-refractivity contribution in [2.24, 2.45) is 0 Å². The van der Waals surface area contributed by atoms with Crippen LogP contribution in [0.5, 0.6) is 0 Å². The van der Waals surface area contributed by atoms with E-state index in [1.165, 1.54) is 12.1 Å². The van der Waals surface area contributed by atoms with E-state index in [-0.39, 0.29) is 27.3 Å². The lowest BCUT2D eigenvalue weighted by atomic mass is 9.93. The van der Waals surface area contributed by atoms with Crippen LogP contribution < -0.4 is 16.0 Å². The van der Waals surface area contributed by atoms with Crippen LogP contribution in [0, 0.1) is 29.9 Å². The molecule has 2 fully saturated rings. The van der Waals surface area contributed by atoms with Crippen molar-refractivity contribution in [1.82, 2.24) is 20.3 Å². The van der Waals surface area contributed by atoms with Gasteiger partial charge in [0.05, 0.1) is 16.3 Å². The molecule has 0 aliphatic carbocycles. The van der Waals surface area contributed by atoms with Crippen LogP contribution in [0.3, 0.4) is 0 Å². The average Bonchev–Trinajstić information content (AvgIpc) is 3.40. The standard InChI is InChI=1S/C25H23F2N7S/c1-12-30-21-17(24(31-12)34-10-14-4-5-15(11-34)32-14)9-13(3-2-8-28)19(20(21)27)16-6-7-18(26)23-22(16)33-25(29)35-23/h6-7,9,14-15,32H,2-5,10-11H2,1H3,(H2,29,33). The maximum Gasteiger partial charge on any atom is 0.181 e. The number of nitriles is 1. The molecule has 4 aromatic rings. The van der Waals surface area contributed by atoms with Crippen LogP contribution in [0.15, 0.2) is 18.2 Å². The van der Waals surface area contributed by atoms with Crippen molar-refractivity contribution in [3.8, 4) is 17.2 Å². The Labute approximate surface area is 204 Å². The summed E-state index contributed by atoms with van der Waals surface area (Å²) in [6.07, 6.45) is 2.78. The highest BCUT2D eigenvalue weighted by molar-refractivity contribution is 7.22. The molecule has 0 saturated carbocycles. The smallest absolute Gasteiger partial charge is 0.181 e. The number of nitrogens with one attached hydrogen (secondary N) is 1. The first-order valence-corrected chi connectivity index (χ1v) is 12.5. The van der Waals surface area contributed by atoms with Crippen molar-refractivity contribution in [1.29, 1.82) is 5.26 Å². The normalized spacial score (nSPS) is 19.5. The maximum absolute atomic E-state index is 16.4. The molecule has 7 nitrogen and oxygen atoms in total. The SMILES string of the molecule is Cc1nc(N2CC3CCC(C2)N3)c2cc(CCC#N)c(-c3ccc(F)c4sc(N)nc34)c(F)c2n1. The van der Waals surface area contributed by atoms with Crippen molar-refractivity contribution in [2.75, 3.05) is 23.7 Å². The first kappa shape index (κ1) is 22.1. The molecule has 4 heterocycles. The number of nitrogens with zero attached hydrogens (tertiary/aromatic N) is 5. The van der Waals surface area contributed by atoms with E-state index in [2.05, 4.69) is 26.3 Å². The number of halogens is 2. The van der Waals surface area contributed by atoms with Gasteiger partial charge in [0, 0.05) is 48.1 Å². The van der Waals surface area contributed by atoms with Crippen LogP contribution in [0.2, 0.25) is 0 Å². The fourth-order valence-corrected chi connectivity index (χ4v) is 6.22. The average molecular weight is 492 g/mol. The van der Waals surface area contributed by atoms with Crippen LogP contribution in [0.1, 0.15) is 30.7 Å². The number of aromatic nitrogens is 3. The van der Waals surface area contributed by atoms with Gasteiger partial charge >= 0.3 is 0 Å². The topological polar surface area (TPSA) is 104 Å². The molecule has 2 unspecified atom stereocenters. The molecule has 0 spiro atoms. The Hall–Kier alpha value is -3.42. The predicted molar refractivity (Wildman–Crippen MR) is 133 cm³/mol. The lowest BCUT2D eigenvalue weighted by molar-refractivity contribution is 0.464. The molecule has 2 aromatic carbocycles. The third kappa shape index (κ3) is 3.66. The van der Waals surface area contributed by atoms with Crippen molar-refractivity contribution < 1.29 is 8.78 Å². The Bertz CT molecular complexity index is 1510. The third-order valence-corrected chi connectivity index (χ3v) is 7.80. The van der Waals surface area contributed by atoms with Crippen LogP contribution in [0.25, 0.3) is 32.2 Å². The number of rotatable bonds is 4. The Morgan fingerprint density at radius 1 is 1.17 bits per heavy atom. The second-order valence-corrected chi connectivity index (χ2v) is 10.3. The van der Waals surface area contributed by atoms with Crippen molar-refractivity contribution in [3.63, 3.8) is 0 Å². The molecule has 0 amide bonds. The minimum absolute atomic E-state index is 0.208. The Kier molecular flexibility index (Phi) is 5.27. The van der Waals surface area contributed by atoms with Crippen molar-refractivity contribution >= 4 is 43.4 Å². The van der Waals surface area contributed by atoms with Gasteiger partial charge in [-0.15, -0.1) is 0 Å². The first-order chi connectivity index (χ1) is 16.9. The van der Waals surface area contributed by atoms with Gasteiger partial charge in [0.1, 0.15) is 23.0 Å². The number of benzene rings is 2. The summed E-state index contributed by atoms with van der Waals surface area (Å²) in [5.74, 6) is 0.234. The number of fused-ring (bicyclic) bond motifs is 4. The van der Waals surface area contributed by atoms with Gasteiger partial charge < -0.3 is 16.0 Å². The predicted octanol–water partition coefficient (Wildman–Crippen LogP) is 4.47. The van der Waals surface area contributed by atoms with E-state index < -0.39 is 11.6 Å².